The molecule has 21 aromatic carbocycles. The lowest BCUT2D eigenvalue weighted by Gasteiger charge is -2.46. The number of hydrogen-bond donors (Lipinski definition) is 0. The zero-order valence-corrected chi connectivity index (χ0v) is 65.0. The SMILES string of the molecule is c1ccc(-c2cc(-c3ccccc3)cc(-c3cc(-c4cc5c6c(c4)N(c4cc(-c7ccccc7)cc(-c7ccccc7)c4)c4c(cc7ccc8cccc9ccc4c7c89)B6c4cc6ccc7cccc8ccc(c4N5c4cc(-c5ccccc5)cc(-c5ccccc5)c4)c6c78)cc(-c4cc(-c5ccccc5)cc(-c5ccccc5)c4)n3)c2)cc1. The number of pyridine rings is 1. The van der Waals surface area contributed by atoms with Crippen molar-refractivity contribution in [3.8, 4) is 123 Å². The topological polar surface area (TPSA) is 19.4 Å². The monoisotopic (exact) mass is 1510 g/mol. The number of nitrogens with zero attached hydrogens (tertiary/aromatic N) is 3. The van der Waals surface area contributed by atoms with E-state index in [2.05, 4.69) is 447 Å². The Morgan fingerprint density at radius 1 is 0.176 bits per heavy atom. The van der Waals surface area contributed by atoms with Gasteiger partial charge < -0.3 is 9.80 Å². The molecule has 2 aliphatic heterocycles. The normalized spacial score (nSPS) is 12.3. The van der Waals surface area contributed by atoms with Gasteiger partial charge in [-0.25, -0.2) is 4.98 Å². The Morgan fingerprint density at radius 2 is 0.420 bits per heavy atom. The summed E-state index contributed by atoms with van der Waals surface area (Å²) in [7, 11) is 0. The maximum atomic E-state index is 6.06. The van der Waals surface area contributed by atoms with Gasteiger partial charge in [0.1, 0.15) is 0 Å². The molecule has 119 heavy (non-hydrogen) atoms. The standard InChI is InChI=1S/C115H72BN3/c1-9-27-73(28-10-1)87-55-88(74-29-11-2-12-30-74)60-97(59-87)105-69-95(70-106(117-105)98-61-89(75-31-13-3-14-32-75)56-90(62-98)76-33-15-4-16-34-76)96-71-107-113-108(72-96)119(100-65-93(79-39-21-7-22-40-79)58-94(66-100)80-41-23-8-24-42-80)115-102-54-52-84-46-26-44-82-48-50-86(112(102)110(82)84)68-104(115)116(113)103-67-85-49-47-81-43-25-45-83-51-53-101(111(85)109(81)83)114(103)118(107)99-63-91(77-35-17-5-18-36-77)57-92(64-99)78-37-19-6-20-38-78/h1-72H. The van der Waals surface area contributed by atoms with Gasteiger partial charge in [-0.1, -0.05) is 340 Å². The molecule has 0 aliphatic carbocycles. The summed E-state index contributed by atoms with van der Waals surface area (Å²) in [6, 6.07) is 164. The highest BCUT2D eigenvalue weighted by atomic mass is 15.2. The molecule has 22 aromatic rings. The van der Waals surface area contributed by atoms with Gasteiger partial charge in [0.25, 0.3) is 6.71 Å². The summed E-state index contributed by atoms with van der Waals surface area (Å²) in [5.41, 5.74) is 34.1. The minimum absolute atomic E-state index is 0.301. The maximum Gasteiger partial charge on any atom is 0.252 e. The molecule has 2 aliphatic rings. The fraction of sp³-hybridized carbons (Fsp3) is 0. The van der Waals surface area contributed by atoms with Gasteiger partial charge in [-0.2, -0.15) is 0 Å². The molecule has 0 spiro atoms. The van der Waals surface area contributed by atoms with Crippen LogP contribution in [0.15, 0.2) is 437 Å². The molecule has 1 aromatic heterocycles. The highest BCUT2D eigenvalue weighted by Gasteiger charge is 2.46. The van der Waals surface area contributed by atoms with Gasteiger partial charge in [-0.3, -0.25) is 0 Å². The van der Waals surface area contributed by atoms with E-state index in [4.69, 9.17) is 4.98 Å². The van der Waals surface area contributed by atoms with Crippen LogP contribution in [0.3, 0.4) is 0 Å². The lowest BCUT2D eigenvalue weighted by molar-refractivity contribution is 1.27. The fourth-order valence-corrected chi connectivity index (χ4v) is 19.7. The van der Waals surface area contributed by atoms with Crippen LogP contribution in [-0.2, 0) is 0 Å². The van der Waals surface area contributed by atoms with Crippen LogP contribution in [0.2, 0.25) is 0 Å². The van der Waals surface area contributed by atoms with Crippen molar-refractivity contribution >= 4 is 122 Å². The molecular formula is C115H72BN3. The summed E-state index contributed by atoms with van der Waals surface area (Å²) in [6.07, 6.45) is 0. The van der Waals surface area contributed by atoms with Gasteiger partial charge in [0, 0.05) is 56.0 Å². The highest BCUT2D eigenvalue weighted by Crippen LogP contribution is 2.55. The smallest absolute Gasteiger partial charge is 0.252 e. The van der Waals surface area contributed by atoms with E-state index in [1.165, 1.54) is 81.0 Å². The molecule has 3 heterocycles. The summed E-state index contributed by atoms with van der Waals surface area (Å²) >= 11 is 0. The van der Waals surface area contributed by atoms with E-state index in [9.17, 15) is 0 Å². The predicted molar refractivity (Wildman–Crippen MR) is 505 cm³/mol. The van der Waals surface area contributed by atoms with E-state index in [1.807, 2.05) is 0 Å². The first-order valence-electron chi connectivity index (χ1n) is 41.2. The molecule has 3 nitrogen and oxygen atoms in total. The molecule has 550 valence electrons. The van der Waals surface area contributed by atoms with E-state index in [0.717, 1.165) is 157 Å². The lowest BCUT2D eigenvalue weighted by Crippen LogP contribution is -2.61. The number of anilines is 6. The maximum absolute atomic E-state index is 6.06. The molecular weight excluding hydrogens is 1430 g/mol. The molecule has 4 heteroatoms. The zero-order valence-electron chi connectivity index (χ0n) is 65.0. The number of hydrogen-bond acceptors (Lipinski definition) is 3. The molecule has 0 atom stereocenters. The van der Waals surface area contributed by atoms with E-state index < -0.39 is 0 Å². The quantitative estimate of drug-likeness (QED) is 0.0847. The third-order valence-corrected chi connectivity index (χ3v) is 25.1. The fourth-order valence-electron chi connectivity index (χ4n) is 19.7. The van der Waals surface area contributed by atoms with Crippen LogP contribution in [0, 0.1) is 0 Å². The Morgan fingerprint density at radius 3 is 0.714 bits per heavy atom. The van der Waals surface area contributed by atoms with Gasteiger partial charge in [-0.05, 0) is 267 Å². The van der Waals surface area contributed by atoms with Crippen molar-refractivity contribution in [2.45, 2.75) is 0 Å². The van der Waals surface area contributed by atoms with Crippen molar-refractivity contribution < 1.29 is 0 Å². The molecule has 0 N–H and O–H groups in total. The molecule has 0 unspecified atom stereocenters. The first-order valence-corrected chi connectivity index (χ1v) is 41.2. The number of benzene rings is 21. The van der Waals surface area contributed by atoms with Gasteiger partial charge in [0.15, 0.2) is 0 Å². The average molecular weight is 1510 g/mol. The van der Waals surface area contributed by atoms with E-state index >= 15 is 0 Å². The van der Waals surface area contributed by atoms with Crippen molar-refractivity contribution in [1.29, 1.82) is 0 Å². The Labute approximate surface area is 691 Å². The van der Waals surface area contributed by atoms with Crippen molar-refractivity contribution in [2.75, 3.05) is 9.80 Å². The molecule has 0 radical (unpaired) electrons. The first kappa shape index (κ1) is 68.0. The second-order valence-electron chi connectivity index (χ2n) is 32.1. The van der Waals surface area contributed by atoms with Gasteiger partial charge in [0.05, 0.1) is 11.4 Å². The third kappa shape index (κ3) is 11.5. The predicted octanol–water partition coefficient (Wildman–Crippen LogP) is 29.3. The van der Waals surface area contributed by atoms with Gasteiger partial charge in [0.2, 0.25) is 0 Å². The summed E-state index contributed by atoms with van der Waals surface area (Å²) in [5.74, 6) is 0. The third-order valence-electron chi connectivity index (χ3n) is 25.1. The Bertz CT molecular complexity index is 7040. The summed E-state index contributed by atoms with van der Waals surface area (Å²) in [6.45, 7) is -0.301. The number of aromatic nitrogens is 1. The largest absolute Gasteiger partial charge is 0.311 e. The minimum atomic E-state index is -0.301. The van der Waals surface area contributed by atoms with Crippen LogP contribution >= 0.6 is 0 Å². The van der Waals surface area contributed by atoms with Crippen LogP contribution in [0.4, 0.5) is 34.1 Å². The molecule has 0 saturated carbocycles. The molecule has 0 bridgehead atoms. The lowest BCUT2D eigenvalue weighted by atomic mass is 9.33. The van der Waals surface area contributed by atoms with Crippen molar-refractivity contribution in [3.63, 3.8) is 0 Å². The Hall–Kier alpha value is -15.5. The van der Waals surface area contributed by atoms with Crippen LogP contribution in [0.1, 0.15) is 0 Å². The van der Waals surface area contributed by atoms with Crippen LogP contribution in [0.5, 0.6) is 0 Å². The first-order chi connectivity index (χ1) is 58.9. The Balaban J connectivity index is 0.880. The zero-order chi connectivity index (χ0) is 78.2. The average Bonchev–Trinajstić information content (AvgIpc) is 0.674. The summed E-state index contributed by atoms with van der Waals surface area (Å²) in [5, 5.41) is 14.8. The molecule has 0 fully saturated rings. The van der Waals surface area contributed by atoms with Crippen LogP contribution in [0.25, 0.3) is 187 Å². The molecule has 0 saturated heterocycles. The van der Waals surface area contributed by atoms with Crippen molar-refractivity contribution in [1.82, 2.24) is 4.98 Å². The van der Waals surface area contributed by atoms with Gasteiger partial charge in [-0.15, -0.1) is 0 Å². The second kappa shape index (κ2) is 27.6. The molecule has 24 rings (SSSR count). The summed E-state index contributed by atoms with van der Waals surface area (Å²) < 4.78 is 0. The highest BCUT2D eigenvalue weighted by molar-refractivity contribution is 7.01. The van der Waals surface area contributed by atoms with Crippen LogP contribution in [-0.4, -0.2) is 11.7 Å². The van der Waals surface area contributed by atoms with Crippen LogP contribution < -0.4 is 26.2 Å². The van der Waals surface area contributed by atoms with E-state index in [-0.39, 0.29) is 6.71 Å². The van der Waals surface area contributed by atoms with E-state index in [1.54, 1.807) is 0 Å². The van der Waals surface area contributed by atoms with Gasteiger partial charge >= 0.3 is 0 Å². The summed E-state index contributed by atoms with van der Waals surface area (Å²) in [4.78, 5) is 11.5. The van der Waals surface area contributed by atoms with Crippen molar-refractivity contribution in [2.24, 2.45) is 0 Å². The Kier molecular flexibility index (Phi) is 15.8. The second-order valence-corrected chi connectivity index (χ2v) is 32.1. The minimum Gasteiger partial charge on any atom is -0.311 e. The van der Waals surface area contributed by atoms with E-state index in [0.29, 0.717) is 0 Å². The van der Waals surface area contributed by atoms with Crippen molar-refractivity contribution in [3.05, 3.63) is 437 Å². The number of rotatable bonds is 13. The number of fused-ring (bicyclic) bond motifs is 6. The molecule has 0 amide bonds.